The maximum absolute atomic E-state index is 12.8. The van der Waals surface area contributed by atoms with E-state index < -0.39 is 0 Å². The molecular formula is C16H25N3OS. The lowest BCUT2D eigenvalue weighted by Gasteiger charge is -2.23. The van der Waals surface area contributed by atoms with E-state index in [9.17, 15) is 4.79 Å². The predicted molar refractivity (Wildman–Crippen MR) is 90.1 cm³/mol. The molecule has 2 rings (SSSR count). The first kappa shape index (κ1) is 16.1. The smallest absolute Gasteiger partial charge is 0.257 e. The average Bonchev–Trinajstić information content (AvgIpc) is 2.65. The van der Waals surface area contributed by atoms with Crippen LogP contribution in [0, 0.1) is 0 Å². The molecule has 1 N–H and O–H groups in total. The zero-order chi connectivity index (χ0) is 15.3. The molecule has 5 heteroatoms. The summed E-state index contributed by atoms with van der Waals surface area (Å²) in [4.78, 5) is 18.9. The molecule has 0 radical (unpaired) electrons. The number of thioether (sulfide) groups is 1. The van der Waals surface area contributed by atoms with Gasteiger partial charge in [-0.3, -0.25) is 9.78 Å². The van der Waals surface area contributed by atoms with Crippen molar-refractivity contribution in [2.24, 2.45) is 0 Å². The van der Waals surface area contributed by atoms with Crippen LogP contribution in [0.1, 0.15) is 44.0 Å². The predicted octanol–water partition coefficient (Wildman–Crippen LogP) is 3.26. The Balaban J connectivity index is 2.12. The maximum Gasteiger partial charge on any atom is 0.257 e. The summed E-state index contributed by atoms with van der Waals surface area (Å²) in [5.74, 6) is 1.09. The van der Waals surface area contributed by atoms with E-state index in [4.69, 9.17) is 0 Å². The van der Waals surface area contributed by atoms with Gasteiger partial charge >= 0.3 is 0 Å². The van der Waals surface area contributed by atoms with Crippen LogP contribution in [-0.4, -0.2) is 45.9 Å². The van der Waals surface area contributed by atoms with Crippen LogP contribution in [-0.2, 0) is 0 Å². The van der Waals surface area contributed by atoms with Crippen molar-refractivity contribution < 1.29 is 4.79 Å². The second-order valence-corrected chi connectivity index (χ2v) is 7.80. The Morgan fingerprint density at radius 1 is 1.48 bits per heavy atom. The molecule has 0 spiro atoms. The van der Waals surface area contributed by atoms with Crippen molar-refractivity contribution in [1.82, 2.24) is 9.88 Å². The molecule has 0 bridgehead atoms. The molecule has 0 unspecified atom stereocenters. The van der Waals surface area contributed by atoms with E-state index in [-0.39, 0.29) is 10.7 Å². The van der Waals surface area contributed by atoms with E-state index in [0.717, 1.165) is 43.9 Å². The van der Waals surface area contributed by atoms with Gasteiger partial charge in [0.1, 0.15) is 0 Å². The summed E-state index contributed by atoms with van der Waals surface area (Å²) in [6.45, 7) is 9.13. The Morgan fingerprint density at radius 2 is 2.29 bits per heavy atom. The molecular weight excluding hydrogens is 282 g/mol. The van der Waals surface area contributed by atoms with Gasteiger partial charge in [-0.25, -0.2) is 0 Å². The molecule has 1 aliphatic heterocycles. The van der Waals surface area contributed by atoms with Gasteiger partial charge in [0.2, 0.25) is 0 Å². The minimum Gasteiger partial charge on any atom is -0.384 e. The monoisotopic (exact) mass is 307 g/mol. The topological polar surface area (TPSA) is 45.2 Å². The largest absolute Gasteiger partial charge is 0.384 e. The molecule has 116 valence electrons. The Labute approximate surface area is 131 Å². The molecule has 1 saturated heterocycles. The second kappa shape index (κ2) is 7.16. The summed E-state index contributed by atoms with van der Waals surface area (Å²) in [5, 5.41) is 3.32. The van der Waals surface area contributed by atoms with Crippen molar-refractivity contribution in [2.45, 2.75) is 38.4 Å². The van der Waals surface area contributed by atoms with Crippen molar-refractivity contribution >= 4 is 23.4 Å². The second-order valence-electron chi connectivity index (χ2n) is 6.00. The summed E-state index contributed by atoms with van der Waals surface area (Å²) in [6.07, 6.45) is 5.48. The van der Waals surface area contributed by atoms with E-state index in [0.29, 0.717) is 5.56 Å². The molecule has 4 nitrogen and oxygen atoms in total. The molecule has 1 aromatic heterocycles. The quantitative estimate of drug-likeness (QED) is 0.927. The van der Waals surface area contributed by atoms with Crippen LogP contribution >= 0.6 is 11.8 Å². The summed E-state index contributed by atoms with van der Waals surface area (Å²) in [6, 6.07) is 1.89. The molecule has 1 aromatic rings. The first-order valence-corrected chi connectivity index (χ1v) is 8.63. The number of rotatable bonds is 4. The number of anilines is 1. The van der Waals surface area contributed by atoms with Crippen LogP contribution in [0.2, 0.25) is 0 Å². The fourth-order valence-electron chi connectivity index (χ4n) is 2.37. The zero-order valence-corrected chi connectivity index (χ0v) is 14.0. The Bertz CT molecular complexity index is 490. The van der Waals surface area contributed by atoms with Gasteiger partial charge in [0.05, 0.1) is 11.3 Å². The highest BCUT2D eigenvalue weighted by Gasteiger charge is 2.27. The Kier molecular flexibility index (Phi) is 5.51. The molecule has 21 heavy (non-hydrogen) atoms. The fourth-order valence-corrected chi connectivity index (χ4v) is 3.47. The van der Waals surface area contributed by atoms with Crippen molar-refractivity contribution in [2.75, 3.05) is 30.7 Å². The third-order valence-electron chi connectivity index (χ3n) is 3.74. The fraction of sp³-hybridized carbons (Fsp3) is 0.625. The highest BCUT2D eigenvalue weighted by Crippen LogP contribution is 2.31. The molecule has 0 aliphatic carbocycles. The minimum atomic E-state index is 0.0972. The van der Waals surface area contributed by atoms with Crippen LogP contribution in [0.3, 0.4) is 0 Å². The van der Waals surface area contributed by atoms with E-state index in [1.54, 1.807) is 12.4 Å². The Morgan fingerprint density at radius 3 is 3.05 bits per heavy atom. The summed E-state index contributed by atoms with van der Waals surface area (Å²) >= 11 is 1.95. The lowest BCUT2D eigenvalue weighted by Crippen LogP contribution is -2.34. The van der Waals surface area contributed by atoms with Gasteiger partial charge in [0.15, 0.2) is 0 Å². The summed E-state index contributed by atoms with van der Waals surface area (Å²) < 4.78 is 0.257. The van der Waals surface area contributed by atoms with Crippen LogP contribution in [0.5, 0.6) is 0 Å². The third-order valence-corrected chi connectivity index (χ3v) is 5.11. The highest BCUT2D eigenvalue weighted by atomic mass is 32.2. The lowest BCUT2D eigenvalue weighted by molar-refractivity contribution is 0.0765. The van der Waals surface area contributed by atoms with Gasteiger partial charge in [0.25, 0.3) is 5.91 Å². The molecule has 0 atom stereocenters. The average molecular weight is 307 g/mol. The van der Waals surface area contributed by atoms with E-state index >= 15 is 0 Å². The summed E-state index contributed by atoms with van der Waals surface area (Å²) in [7, 11) is 0. The van der Waals surface area contributed by atoms with Crippen LogP contribution in [0.25, 0.3) is 0 Å². The van der Waals surface area contributed by atoms with Crippen molar-refractivity contribution in [3.63, 3.8) is 0 Å². The molecule has 2 heterocycles. The molecule has 0 saturated carbocycles. The minimum absolute atomic E-state index is 0.0972. The first-order chi connectivity index (χ1) is 10.0. The van der Waals surface area contributed by atoms with Gasteiger partial charge < -0.3 is 10.2 Å². The number of nitrogens with one attached hydrogen (secondary N) is 1. The molecule has 0 aromatic carbocycles. The molecule has 1 amide bonds. The van der Waals surface area contributed by atoms with Crippen molar-refractivity contribution in [3.8, 4) is 0 Å². The third kappa shape index (κ3) is 4.37. The highest BCUT2D eigenvalue weighted by molar-refractivity contribution is 8.00. The van der Waals surface area contributed by atoms with Crippen LogP contribution in [0.4, 0.5) is 5.69 Å². The van der Waals surface area contributed by atoms with Crippen molar-refractivity contribution in [3.05, 3.63) is 24.0 Å². The van der Waals surface area contributed by atoms with Gasteiger partial charge in [-0.2, -0.15) is 11.8 Å². The van der Waals surface area contributed by atoms with E-state index in [2.05, 4.69) is 31.1 Å². The zero-order valence-electron chi connectivity index (χ0n) is 13.2. The number of nitrogens with zero attached hydrogens (tertiary/aromatic N) is 2. The SMILES string of the molecule is CCCNc1ccncc1C(=O)N1CCSC(C)(C)CC1. The molecule has 1 aliphatic rings. The van der Waals surface area contributed by atoms with Gasteiger partial charge in [-0.15, -0.1) is 0 Å². The number of amides is 1. The Hall–Kier alpha value is -1.23. The maximum atomic E-state index is 12.8. The lowest BCUT2D eigenvalue weighted by atomic mass is 10.1. The number of carbonyl (C=O) groups is 1. The van der Waals surface area contributed by atoms with Gasteiger partial charge in [-0.1, -0.05) is 20.8 Å². The normalized spacial score (nSPS) is 18.1. The van der Waals surface area contributed by atoms with Crippen molar-refractivity contribution in [1.29, 1.82) is 0 Å². The number of hydrogen-bond donors (Lipinski definition) is 1. The van der Waals surface area contributed by atoms with Crippen LogP contribution < -0.4 is 5.32 Å². The number of carbonyl (C=O) groups excluding carboxylic acids is 1. The number of hydrogen-bond acceptors (Lipinski definition) is 4. The summed E-state index contributed by atoms with van der Waals surface area (Å²) in [5.41, 5.74) is 1.59. The van der Waals surface area contributed by atoms with Crippen LogP contribution in [0.15, 0.2) is 18.5 Å². The van der Waals surface area contributed by atoms with E-state index in [1.165, 1.54) is 0 Å². The number of aromatic nitrogens is 1. The first-order valence-electron chi connectivity index (χ1n) is 7.64. The van der Waals surface area contributed by atoms with Gasteiger partial charge in [-0.05, 0) is 18.9 Å². The van der Waals surface area contributed by atoms with Gasteiger partial charge in [0, 0.05) is 42.5 Å². The van der Waals surface area contributed by atoms with E-state index in [1.807, 2.05) is 22.7 Å². The molecule has 1 fully saturated rings. The number of pyridine rings is 1. The standard InChI is InChI=1S/C16H25N3OS/c1-4-7-18-14-5-8-17-12-13(14)15(20)19-9-6-16(2,3)21-11-10-19/h5,8,12H,4,6-7,9-11H2,1-3H3,(H,17,18).